The summed E-state index contributed by atoms with van der Waals surface area (Å²) in [6.07, 6.45) is 7.80. The van der Waals surface area contributed by atoms with Gasteiger partial charge in [0.1, 0.15) is 5.82 Å². The van der Waals surface area contributed by atoms with Crippen molar-refractivity contribution in [3.8, 4) is 0 Å². The number of aromatic nitrogens is 2. The molecule has 0 saturated heterocycles. The molecule has 1 aromatic carbocycles. The third-order valence-corrected chi connectivity index (χ3v) is 4.51. The minimum atomic E-state index is 0.567. The molecule has 2 aromatic rings. The molecule has 1 heterocycles. The second kappa shape index (κ2) is 5.10. The van der Waals surface area contributed by atoms with E-state index in [1.165, 1.54) is 38.5 Å². The van der Waals surface area contributed by atoms with E-state index in [0.717, 1.165) is 16.9 Å². The maximum atomic E-state index is 6.03. The Morgan fingerprint density at radius 2 is 1.67 bits per heavy atom. The molecule has 2 nitrogen and oxygen atoms in total. The van der Waals surface area contributed by atoms with E-state index in [4.69, 9.17) is 23.2 Å². The number of fused-ring (bicyclic) bond motifs is 1. The molecule has 1 N–H and O–H groups in total. The second-order valence-electron chi connectivity index (χ2n) is 5.09. The average molecular weight is 283 g/mol. The van der Waals surface area contributed by atoms with Crippen LogP contribution in [-0.4, -0.2) is 9.97 Å². The van der Waals surface area contributed by atoms with Crippen LogP contribution in [0, 0.1) is 0 Å². The smallest absolute Gasteiger partial charge is 0.110 e. The maximum Gasteiger partial charge on any atom is 0.110 e. The molecule has 1 fully saturated rings. The van der Waals surface area contributed by atoms with Gasteiger partial charge in [0, 0.05) is 5.92 Å². The second-order valence-corrected chi connectivity index (χ2v) is 5.91. The quantitative estimate of drug-likeness (QED) is 0.706. The van der Waals surface area contributed by atoms with Crippen LogP contribution >= 0.6 is 23.2 Å². The zero-order chi connectivity index (χ0) is 12.5. The van der Waals surface area contributed by atoms with Gasteiger partial charge in [0.2, 0.25) is 0 Å². The van der Waals surface area contributed by atoms with Crippen molar-refractivity contribution in [2.45, 2.75) is 44.4 Å². The van der Waals surface area contributed by atoms with Crippen LogP contribution in [-0.2, 0) is 0 Å². The molecular weight excluding hydrogens is 267 g/mol. The molecule has 1 aliphatic carbocycles. The Hall–Kier alpha value is -0.730. The average Bonchev–Trinajstić information content (AvgIpc) is 2.60. The highest BCUT2D eigenvalue weighted by atomic mass is 35.5. The molecule has 18 heavy (non-hydrogen) atoms. The number of aromatic amines is 1. The van der Waals surface area contributed by atoms with Crippen LogP contribution in [0.1, 0.15) is 50.3 Å². The number of hydrogen-bond acceptors (Lipinski definition) is 1. The molecule has 0 atom stereocenters. The summed E-state index contributed by atoms with van der Waals surface area (Å²) >= 11 is 12.1. The number of benzene rings is 1. The normalized spacial score (nSPS) is 18.1. The fraction of sp³-hybridized carbons (Fsp3) is 0.500. The first-order chi connectivity index (χ1) is 8.74. The van der Waals surface area contributed by atoms with E-state index in [2.05, 4.69) is 9.97 Å². The summed E-state index contributed by atoms with van der Waals surface area (Å²) in [6, 6.07) is 3.71. The molecule has 0 radical (unpaired) electrons. The van der Waals surface area contributed by atoms with Crippen LogP contribution in [0.15, 0.2) is 12.1 Å². The molecule has 96 valence electrons. The SMILES string of the molecule is Clc1cc2nc(C3CCCCCC3)[nH]c2cc1Cl. The van der Waals surface area contributed by atoms with Crippen molar-refractivity contribution in [1.29, 1.82) is 0 Å². The van der Waals surface area contributed by atoms with Gasteiger partial charge in [0.25, 0.3) is 0 Å². The molecular formula is C14H16Cl2N2. The van der Waals surface area contributed by atoms with Crippen molar-refractivity contribution in [3.63, 3.8) is 0 Å². The number of nitrogens with zero attached hydrogens (tertiary/aromatic N) is 1. The highest BCUT2D eigenvalue weighted by molar-refractivity contribution is 6.42. The molecule has 1 aromatic heterocycles. The molecule has 4 heteroatoms. The van der Waals surface area contributed by atoms with Crippen LogP contribution < -0.4 is 0 Å². The fourth-order valence-electron chi connectivity index (χ4n) is 2.77. The van der Waals surface area contributed by atoms with E-state index < -0.39 is 0 Å². The molecule has 3 rings (SSSR count). The summed E-state index contributed by atoms with van der Waals surface area (Å²) < 4.78 is 0. The third kappa shape index (κ3) is 2.36. The van der Waals surface area contributed by atoms with Gasteiger partial charge in [-0.2, -0.15) is 0 Å². The van der Waals surface area contributed by atoms with Crippen LogP contribution in [0.3, 0.4) is 0 Å². The number of hydrogen-bond donors (Lipinski definition) is 1. The van der Waals surface area contributed by atoms with Gasteiger partial charge in [0.15, 0.2) is 0 Å². The van der Waals surface area contributed by atoms with Crippen LogP contribution in [0.2, 0.25) is 10.0 Å². The molecule has 0 aliphatic heterocycles. The minimum absolute atomic E-state index is 0.567. The van der Waals surface area contributed by atoms with E-state index in [1.54, 1.807) is 0 Å². The lowest BCUT2D eigenvalue weighted by Gasteiger charge is -2.09. The number of H-pyrrole nitrogens is 1. The topological polar surface area (TPSA) is 28.7 Å². The van der Waals surface area contributed by atoms with Gasteiger partial charge in [-0.3, -0.25) is 0 Å². The van der Waals surface area contributed by atoms with Gasteiger partial charge < -0.3 is 4.98 Å². The van der Waals surface area contributed by atoms with Crippen molar-refractivity contribution in [3.05, 3.63) is 28.0 Å². The van der Waals surface area contributed by atoms with Gasteiger partial charge in [-0.25, -0.2) is 4.98 Å². The minimum Gasteiger partial charge on any atom is -0.342 e. The number of rotatable bonds is 1. The standard InChI is InChI=1S/C14H16Cl2N2/c15-10-7-12-13(8-11(10)16)18-14(17-12)9-5-3-1-2-4-6-9/h7-9H,1-6H2,(H,17,18). The van der Waals surface area contributed by atoms with Crippen LogP contribution in [0.4, 0.5) is 0 Å². The lowest BCUT2D eigenvalue weighted by atomic mass is 10.00. The van der Waals surface area contributed by atoms with E-state index in [1.807, 2.05) is 12.1 Å². The summed E-state index contributed by atoms with van der Waals surface area (Å²) in [5, 5.41) is 1.16. The van der Waals surface area contributed by atoms with Crippen molar-refractivity contribution >= 4 is 34.2 Å². The highest BCUT2D eigenvalue weighted by Gasteiger charge is 2.18. The summed E-state index contributed by atoms with van der Waals surface area (Å²) in [5.74, 6) is 1.67. The summed E-state index contributed by atoms with van der Waals surface area (Å²) in [5.41, 5.74) is 1.91. The Bertz CT molecular complexity index is 515. The number of nitrogens with one attached hydrogen (secondary N) is 1. The molecule has 1 aliphatic rings. The van der Waals surface area contributed by atoms with Crippen molar-refractivity contribution < 1.29 is 0 Å². The summed E-state index contributed by atoms with van der Waals surface area (Å²) in [6.45, 7) is 0. The largest absolute Gasteiger partial charge is 0.342 e. The Balaban J connectivity index is 1.96. The third-order valence-electron chi connectivity index (χ3n) is 3.78. The number of imidazole rings is 1. The maximum absolute atomic E-state index is 6.03. The lowest BCUT2D eigenvalue weighted by molar-refractivity contribution is 0.567. The first kappa shape index (κ1) is 12.3. The first-order valence-electron chi connectivity index (χ1n) is 6.59. The summed E-state index contributed by atoms with van der Waals surface area (Å²) in [4.78, 5) is 8.09. The van der Waals surface area contributed by atoms with Gasteiger partial charge >= 0.3 is 0 Å². The van der Waals surface area contributed by atoms with Crippen molar-refractivity contribution in [2.24, 2.45) is 0 Å². The van der Waals surface area contributed by atoms with Gasteiger partial charge in [-0.15, -0.1) is 0 Å². The number of halogens is 2. The van der Waals surface area contributed by atoms with Gasteiger partial charge in [-0.05, 0) is 25.0 Å². The zero-order valence-corrected chi connectivity index (χ0v) is 11.7. The van der Waals surface area contributed by atoms with Crippen molar-refractivity contribution in [1.82, 2.24) is 9.97 Å². The molecule has 0 unspecified atom stereocenters. The Morgan fingerprint density at radius 3 is 2.39 bits per heavy atom. The first-order valence-corrected chi connectivity index (χ1v) is 7.34. The Labute approximate surface area is 117 Å². The Kier molecular flexibility index (Phi) is 3.49. The lowest BCUT2D eigenvalue weighted by Crippen LogP contribution is -1.99. The van der Waals surface area contributed by atoms with E-state index >= 15 is 0 Å². The predicted molar refractivity (Wildman–Crippen MR) is 76.6 cm³/mol. The molecule has 0 amide bonds. The summed E-state index contributed by atoms with van der Waals surface area (Å²) in [7, 11) is 0. The van der Waals surface area contributed by atoms with E-state index in [9.17, 15) is 0 Å². The molecule has 0 spiro atoms. The van der Waals surface area contributed by atoms with Gasteiger partial charge in [-0.1, -0.05) is 48.9 Å². The highest BCUT2D eigenvalue weighted by Crippen LogP contribution is 2.33. The molecule has 0 bridgehead atoms. The van der Waals surface area contributed by atoms with Gasteiger partial charge in [0.05, 0.1) is 21.1 Å². The Morgan fingerprint density at radius 1 is 1.00 bits per heavy atom. The van der Waals surface area contributed by atoms with E-state index in [0.29, 0.717) is 16.0 Å². The zero-order valence-electron chi connectivity index (χ0n) is 10.2. The van der Waals surface area contributed by atoms with Crippen LogP contribution in [0.25, 0.3) is 11.0 Å². The predicted octanol–water partition coefficient (Wildman–Crippen LogP) is 5.31. The van der Waals surface area contributed by atoms with Crippen LogP contribution in [0.5, 0.6) is 0 Å². The fourth-order valence-corrected chi connectivity index (χ4v) is 3.09. The van der Waals surface area contributed by atoms with Crippen molar-refractivity contribution in [2.75, 3.05) is 0 Å². The molecule has 1 saturated carbocycles. The van der Waals surface area contributed by atoms with E-state index in [-0.39, 0.29) is 0 Å². The monoisotopic (exact) mass is 282 g/mol.